The van der Waals surface area contributed by atoms with Gasteiger partial charge in [0.15, 0.2) is 0 Å². The lowest BCUT2D eigenvalue weighted by Crippen LogP contribution is -2.31. The van der Waals surface area contributed by atoms with Crippen LogP contribution in [0.25, 0.3) is 0 Å². The molecule has 1 aromatic rings. The normalized spacial score (nSPS) is 17.7. The number of rotatable bonds is 6. The average molecular weight is 465 g/mol. The Labute approximate surface area is 155 Å². The van der Waals surface area contributed by atoms with Crippen LogP contribution in [0.1, 0.15) is 13.3 Å². The van der Waals surface area contributed by atoms with Gasteiger partial charge < -0.3 is 4.74 Å². The number of carbonyl (C=O) groups excluding carboxylic acids is 3. The van der Waals surface area contributed by atoms with Crippen LogP contribution in [0.4, 0.5) is 5.69 Å². The highest BCUT2D eigenvalue weighted by atomic mass is 79.9. The molecular formula is C15H15Br2NO4S. The van der Waals surface area contributed by atoms with Gasteiger partial charge in [-0.1, -0.05) is 31.9 Å². The van der Waals surface area contributed by atoms with Crippen molar-refractivity contribution in [2.45, 2.75) is 13.3 Å². The van der Waals surface area contributed by atoms with Crippen molar-refractivity contribution < 1.29 is 19.1 Å². The topological polar surface area (TPSA) is 63.7 Å². The lowest BCUT2D eigenvalue weighted by molar-refractivity contribution is -0.139. The Morgan fingerprint density at radius 3 is 2.57 bits per heavy atom. The lowest BCUT2D eigenvalue weighted by Gasteiger charge is -2.16. The lowest BCUT2D eigenvalue weighted by atomic mass is 10.1. The van der Waals surface area contributed by atoms with Gasteiger partial charge in [0.25, 0.3) is 0 Å². The summed E-state index contributed by atoms with van der Waals surface area (Å²) in [6, 6.07) is 5.30. The van der Waals surface area contributed by atoms with Crippen molar-refractivity contribution in [2.24, 2.45) is 5.92 Å². The number of ether oxygens (including phenoxy) is 1. The average Bonchev–Trinajstić information content (AvgIpc) is 2.72. The molecule has 0 aliphatic carbocycles. The van der Waals surface area contributed by atoms with Crippen molar-refractivity contribution in [1.82, 2.24) is 0 Å². The van der Waals surface area contributed by atoms with Crippen LogP contribution >= 0.6 is 43.6 Å². The number of halogens is 2. The zero-order valence-corrected chi connectivity index (χ0v) is 16.4. The molecule has 8 heteroatoms. The first kappa shape index (κ1) is 18.5. The van der Waals surface area contributed by atoms with Crippen LogP contribution in [0.2, 0.25) is 0 Å². The molecular weight excluding hydrogens is 450 g/mol. The first-order valence-electron chi connectivity index (χ1n) is 6.98. The molecule has 0 saturated carbocycles. The summed E-state index contributed by atoms with van der Waals surface area (Å²) in [5.41, 5.74) is 0.541. The third kappa shape index (κ3) is 4.81. The molecule has 0 N–H and O–H groups in total. The zero-order chi connectivity index (χ0) is 17.0. The maximum Gasteiger partial charge on any atom is 0.315 e. The van der Waals surface area contributed by atoms with Gasteiger partial charge in [0.2, 0.25) is 11.8 Å². The number of hydrogen-bond donors (Lipinski definition) is 0. The molecule has 1 atom stereocenters. The molecule has 0 bridgehead atoms. The van der Waals surface area contributed by atoms with E-state index in [4.69, 9.17) is 4.74 Å². The van der Waals surface area contributed by atoms with Crippen molar-refractivity contribution in [3.8, 4) is 0 Å². The maximum atomic E-state index is 12.5. The van der Waals surface area contributed by atoms with Gasteiger partial charge in [-0.3, -0.25) is 19.3 Å². The van der Waals surface area contributed by atoms with Gasteiger partial charge in [-0.25, -0.2) is 0 Å². The number of amides is 2. The molecule has 0 aromatic heterocycles. The molecule has 1 unspecified atom stereocenters. The Bertz CT molecular complexity index is 618. The van der Waals surface area contributed by atoms with Crippen LogP contribution in [0.3, 0.4) is 0 Å². The fourth-order valence-electron chi connectivity index (χ4n) is 2.25. The molecule has 1 saturated heterocycles. The Morgan fingerprint density at radius 1 is 1.30 bits per heavy atom. The van der Waals surface area contributed by atoms with Gasteiger partial charge in [-0.15, -0.1) is 11.8 Å². The van der Waals surface area contributed by atoms with Crippen LogP contribution in [0.5, 0.6) is 0 Å². The Balaban J connectivity index is 2.01. The SMILES string of the molecule is CCOC(=O)CSCC1CC(=O)N(c2cc(Br)cc(Br)c2)C1=O. The molecule has 0 spiro atoms. The maximum absolute atomic E-state index is 12.5. The predicted octanol–water partition coefficient (Wildman–Crippen LogP) is 3.39. The number of hydrogen-bond acceptors (Lipinski definition) is 5. The van der Waals surface area contributed by atoms with Gasteiger partial charge in [-0.05, 0) is 25.1 Å². The van der Waals surface area contributed by atoms with E-state index in [0.717, 1.165) is 8.95 Å². The number of imide groups is 1. The summed E-state index contributed by atoms with van der Waals surface area (Å²) in [4.78, 5) is 37.2. The fraction of sp³-hybridized carbons (Fsp3) is 0.400. The highest BCUT2D eigenvalue weighted by Gasteiger charge is 2.39. The van der Waals surface area contributed by atoms with Crippen molar-refractivity contribution in [3.05, 3.63) is 27.1 Å². The molecule has 1 aliphatic heterocycles. The Morgan fingerprint density at radius 2 is 1.96 bits per heavy atom. The number of thioether (sulfide) groups is 1. The molecule has 2 amide bonds. The van der Waals surface area contributed by atoms with Gasteiger partial charge in [0.05, 0.1) is 24.0 Å². The minimum absolute atomic E-state index is 0.165. The molecule has 1 aliphatic rings. The van der Waals surface area contributed by atoms with E-state index in [1.807, 2.05) is 6.07 Å². The highest BCUT2D eigenvalue weighted by Crippen LogP contribution is 2.32. The van der Waals surface area contributed by atoms with E-state index < -0.39 is 5.92 Å². The van der Waals surface area contributed by atoms with E-state index in [2.05, 4.69) is 31.9 Å². The number of carbonyl (C=O) groups is 3. The summed E-state index contributed by atoms with van der Waals surface area (Å²) in [6.45, 7) is 2.08. The molecule has 1 aromatic carbocycles. The summed E-state index contributed by atoms with van der Waals surface area (Å²) in [6.07, 6.45) is 0.165. The Kier molecular flexibility index (Phi) is 6.67. The molecule has 124 valence electrons. The number of esters is 1. The molecule has 5 nitrogen and oxygen atoms in total. The summed E-state index contributed by atoms with van der Waals surface area (Å²) >= 11 is 8.02. The van der Waals surface area contributed by atoms with E-state index >= 15 is 0 Å². The Hall–Kier alpha value is -0.860. The second-order valence-corrected chi connectivity index (χ2v) is 7.78. The molecule has 2 rings (SSSR count). The largest absolute Gasteiger partial charge is 0.465 e. The van der Waals surface area contributed by atoms with Crippen LogP contribution < -0.4 is 4.90 Å². The predicted molar refractivity (Wildman–Crippen MR) is 96.4 cm³/mol. The van der Waals surface area contributed by atoms with Crippen LogP contribution in [0, 0.1) is 5.92 Å². The number of nitrogens with zero attached hydrogens (tertiary/aromatic N) is 1. The quantitative estimate of drug-likeness (QED) is 0.477. The zero-order valence-electron chi connectivity index (χ0n) is 12.4. The van der Waals surface area contributed by atoms with Crippen LogP contribution in [-0.2, 0) is 19.1 Å². The molecule has 1 fully saturated rings. The van der Waals surface area contributed by atoms with E-state index in [1.165, 1.54) is 16.7 Å². The van der Waals surface area contributed by atoms with Gasteiger partial charge in [0.1, 0.15) is 0 Å². The minimum Gasteiger partial charge on any atom is -0.465 e. The molecule has 23 heavy (non-hydrogen) atoms. The molecule has 0 radical (unpaired) electrons. The summed E-state index contributed by atoms with van der Waals surface area (Å²) < 4.78 is 6.40. The van der Waals surface area contributed by atoms with E-state index in [-0.39, 0.29) is 30.0 Å². The second-order valence-electron chi connectivity index (χ2n) is 4.92. The van der Waals surface area contributed by atoms with Gasteiger partial charge in [-0.2, -0.15) is 0 Å². The summed E-state index contributed by atoms with van der Waals surface area (Å²) in [7, 11) is 0. The first-order chi connectivity index (χ1) is 10.9. The van der Waals surface area contributed by atoms with Crippen LogP contribution in [0.15, 0.2) is 27.1 Å². The van der Waals surface area contributed by atoms with E-state index in [9.17, 15) is 14.4 Å². The highest BCUT2D eigenvalue weighted by molar-refractivity contribution is 9.11. The summed E-state index contributed by atoms with van der Waals surface area (Å²) in [5, 5.41) is 0. The van der Waals surface area contributed by atoms with Gasteiger partial charge in [0, 0.05) is 21.1 Å². The monoisotopic (exact) mass is 463 g/mol. The number of anilines is 1. The standard InChI is InChI=1S/C15H15Br2NO4S/c1-2-22-14(20)8-23-7-9-3-13(19)18(15(9)21)12-5-10(16)4-11(17)6-12/h4-6,9H,2-3,7-8H2,1H3. The van der Waals surface area contributed by atoms with E-state index in [0.29, 0.717) is 18.0 Å². The smallest absolute Gasteiger partial charge is 0.315 e. The third-order valence-electron chi connectivity index (χ3n) is 3.19. The van der Waals surface area contributed by atoms with Gasteiger partial charge >= 0.3 is 5.97 Å². The van der Waals surface area contributed by atoms with Crippen molar-refractivity contribution >= 4 is 67.1 Å². The fourth-order valence-corrected chi connectivity index (χ4v) is 4.43. The summed E-state index contributed by atoms with van der Waals surface area (Å²) in [5.74, 6) is -0.539. The van der Waals surface area contributed by atoms with Crippen molar-refractivity contribution in [1.29, 1.82) is 0 Å². The molecule has 1 heterocycles. The van der Waals surface area contributed by atoms with Crippen LogP contribution in [-0.4, -0.2) is 35.9 Å². The minimum atomic E-state index is -0.403. The third-order valence-corrected chi connectivity index (χ3v) is 5.18. The van der Waals surface area contributed by atoms with Crippen molar-refractivity contribution in [2.75, 3.05) is 23.0 Å². The first-order valence-corrected chi connectivity index (χ1v) is 9.72. The van der Waals surface area contributed by atoms with Crippen molar-refractivity contribution in [3.63, 3.8) is 0 Å². The number of benzene rings is 1. The second kappa shape index (κ2) is 8.30. The van der Waals surface area contributed by atoms with E-state index in [1.54, 1.807) is 19.1 Å².